The Morgan fingerprint density at radius 1 is 1.11 bits per heavy atom. The van der Waals surface area contributed by atoms with Gasteiger partial charge in [0.2, 0.25) is 5.91 Å². The minimum absolute atomic E-state index is 0.0678. The highest BCUT2D eigenvalue weighted by Crippen LogP contribution is 2.15. The van der Waals surface area contributed by atoms with Gasteiger partial charge in [-0.15, -0.1) is 0 Å². The lowest BCUT2D eigenvalue weighted by Crippen LogP contribution is -2.05. The van der Waals surface area contributed by atoms with Crippen molar-refractivity contribution in [3.05, 3.63) is 47.9 Å². The lowest BCUT2D eigenvalue weighted by molar-refractivity contribution is -0.114. The molecule has 1 heterocycles. The van der Waals surface area contributed by atoms with Crippen molar-refractivity contribution in [1.29, 1.82) is 0 Å². The van der Waals surface area contributed by atoms with Crippen molar-refractivity contribution in [2.75, 3.05) is 10.6 Å². The maximum atomic E-state index is 10.9. The monoisotopic (exact) mass is 244 g/mol. The summed E-state index contributed by atoms with van der Waals surface area (Å²) in [5.74, 6) is 1.74. The molecule has 2 rings (SSSR count). The van der Waals surface area contributed by atoms with Gasteiger partial charge in [0.25, 0.3) is 0 Å². The maximum Gasteiger partial charge on any atom is 0.221 e. The Morgan fingerprint density at radius 3 is 2.33 bits per heavy atom. The molecule has 2 aromatic rings. The first-order chi connectivity index (χ1) is 8.63. The summed E-state index contributed by atoms with van der Waals surface area (Å²) in [5.41, 5.74) is 1.78. The largest absolute Gasteiger partial charge is 0.465 e. The minimum atomic E-state index is -0.0678. The molecule has 1 aromatic carbocycles. The first-order valence-electron chi connectivity index (χ1n) is 5.80. The van der Waals surface area contributed by atoms with Crippen LogP contribution in [0.4, 0.5) is 11.4 Å². The van der Waals surface area contributed by atoms with Crippen molar-refractivity contribution < 1.29 is 9.21 Å². The number of aryl methyl sites for hydroxylation is 1. The number of furan rings is 1. The summed E-state index contributed by atoms with van der Waals surface area (Å²) in [7, 11) is 0. The van der Waals surface area contributed by atoms with Crippen LogP contribution in [0.3, 0.4) is 0 Å². The fourth-order valence-electron chi connectivity index (χ4n) is 1.64. The second-order valence-electron chi connectivity index (χ2n) is 4.12. The summed E-state index contributed by atoms with van der Waals surface area (Å²) in [4.78, 5) is 10.9. The second kappa shape index (κ2) is 5.40. The Morgan fingerprint density at radius 2 is 1.78 bits per heavy atom. The highest BCUT2D eigenvalue weighted by molar-refractivity contribution is 5.88. The third kappa shape index (κ3) is 3.38. The smallest absolute Gasteiger partial charge is 0.221 e. The van der Waals surface area contributed by atoms with E-state index in [2.05, 4.69) is 10.6 Å². The molecule has 0 bridgehead atoms. The molecule has 0 atom stereocenters. The molecule has 4 nitrogen and oxygen atoms in total. The Labute approximate surface area is 106 Å². The van der Waals surface area contributed by atoms with Gasteiger partial charge in [0.05, 0.1) is 6.54 Å². The van der Waals surface area contributed by atoms with Crippen molar-refractivity contribution in [1.82, 2.24) is 0 Å². The average Bonchev–Trinajstić information content (AvgIpc) is 2.74. The molecule has 0 saturated heterocycles. The Hall–Kier alpha value is -2.23. The van der Waals surface area contributed by atoms with Gasteiger partial charge in [0.1, 0.15) is 11.5 Å². The fourth-order valence-corrected chi connectivity index (χ4v) is 1.64. The van der Waals surface area contributed by atoms with Crippen LogP contribution >= 0.6 is 0 Å². The van der Waals surface area contributed by atoms with E-state index in [0.717, 1.165) is 22.9 Å². The third-order valence-electron chi connectivity index (χ3n) is 2.47. The SMILES string of the molecule is CC(=O)Nc1ccc(NCc2ccc(C)o2)cc1. The molecule has 1 amide bonds. The molecule has 0 aliphatic rings. The number of benzene rings is 1. The predicted molar refractivity (Wildman–Crippen MR) is 71.5 cm³/mol. The van der Waals surface area contributed by atoms with Crippen LogP contribution in [-0.4, -0.2) is 5.91 Å². The van der Waals surface area contributed by atoms with Crippen molar-refractivity contribution in [3.8, 4) is 0 Å². The van der Waals surface area contributed by atoms with Gasteiger partial charge in [-0.2, -0.15) is 0 Å². The number of rotatable bonds is 4. The Bertz CT molecular complexity index is 529. The lowest BCUT2D eigenvalue weighted by Gasteiger charge is -2.06. The molecular formula is C14H16N2O2. The quantitative estimate of drug-likeness (QED) is 0.868. The van der Waals surface area contributed by atoms with E-state index in [0.29, 0.717) is 6.54 Å². The van der Waals surface area contributed by atoms with Crippen LogP contribution in [0.25, 0.3) is 0 Å². The number of hydrogen-bond donors (Lipinski definition) is 2. The minimum Gasteiger partial charge on any atom is -0.465 e. The van der Waals surface area contributed by atoms with Gasteiger partial charge < -0.3 is 15.1 Å². The Kier molecular flexibility index (Phi) is 3.67. The summed E-state index contributed by atoms with van der Waals surface area (Å²) in [6, 6.07) is 11.4. The van der Waals surface area contributed by atoms with Crippen LogP contribution < -0.4 is 10.6 Å². The zero-order valence-corrected chi connectivity index (χ0v) is 10.5. The van der Waals surface area contributed by atoms with Crippen molar-refractivity contribution >= 4 is 17.3 Å². The average molecular weight is 244 g/mol. The summed E-state index contributed by atoms with van der Waals surface area (Å²) in [5, 5.41) is 5.97. The standard InChI is InChI=1S/C14H16N2O2/c1-10-3-8-14(18-10)9-15-12-4-6-13(7-5-12)16-11(2)17/h3-8,15H,9H2,1-2H3,(H,16,17). The molecule has 1 aromatic heterocycles. The third-order valence-corrected chi connectivity index (χ3v) is 2.47. The molecule has 0 unspecified atom stereocenters. The van der Waals surface area contributed by atoms with Gasteiger partial charge in [-0.25, -0.2) is 0 Å². The zero-order chi connectivity index (χ0) is 13.0. The molecule has 0 radical (unpaired) electrons. The highest BCUT2D eigenvalue weighted by Gasteiger charge is 1.99. The number of nitrogens with one attached hydrogen (secondary N) is 2. The van der Waals surface area contributed by atoms with Gasteiger partial charge in [-0.05, 0) is 43.3 Å². The summed E-state index contributed by atoms with van der Waals surface area (Å²) >= 11 is 0. The van der Waals surface area contributed by atoms with Crippen LogP contribution in [0.5, 0.6) is 0 Å². The van der Waals surface area contributed by atoms with E-state index < -0.39 is 0 Å². The van der Waals surface area contributed by atoms with E-state index in [-0.39, 0.29) is 5.91 Å². The van der Waals surface area contributed by atoms with Crippen molar-refractivity contribution in [2.24, 2.45) is 0 Å². The van der Waals surface area contributed by atoms with Gasteiger partial charge in [-0.1, -0.05) is 0 Å². The second-order valence-corrected chi connectivity index (χ2v) is 4.12. The van der Waals surface area contributed by atoms with Crippen LogP contribution in [0.2, 0.25) is 0 Å². The van der Waals surface area contributed by atoms with Gasteiger partial charge >= 0.3 is 0 Å². The van der Waals surface area contributed by atoms with Crippen molar-refractivity contribution in [3.63, 3.8) is 0 Å². The maximum absolute atomic E-state index is 10.9. The zero-order valence-electron chi connectivity index (χ0n) is 10.5. The number of carbonyl (C=O) groups is 1. The summed E-state index contributed by atoms with van der Waals surface area (Å²) in [6.45, 7) is 4.06. The molecule has 18 heavy (non-hydrogen) atoms. The van der Waals surface area contributed by atoms with Gasteiger partial charge in [0, 0.05) is 18.3 Å². The number of amides is 1. The van der Waals surface area contributed by atoms with Crippen LogP contribution in [0.1, 0.15) is 18.4 Å². The molecule has 0 fully saturated rings. The first-order valence-corrected chi connectivity index (χ1v) is 5.80. The van der Waals surface area contributed by atoms with Crippen LogP contribution in [0.15, 0.2) is 40.8 Å². The topological polar surface area (TPSA) is 54.3 Å². The fraction of sp³-hybridized carbons (Fsp3) is 0.214. The lowest BCUT2D eigenvalue weighted by atomic mass is 10.2. The molecule has 0 spiro atoms. The number of hydrogen-bond acceptors (Lipinski definition) is 3. The molecule has 0 saturated carbocycles. The number of anilines is 2. The summed E-state index contributed by atoms with van der Waals surface area (Å²) < 4.78 is 5.46. The van der Waals surface area contributed by atoms with E-state index in [1.807, 2.05) is 43.3 Å². The van der Waals surface area contributed by atoms with Gasteiger partial charge in [0.15, 0.2) is 0 Å². The van der Waals surface area contributed by atoms with E-state index >= 15 is 0 Å². The first kappa shape index (κ1) is 12.2. The predicted octanol–water partition coefficient (Wildman–Crippen LogP) is 3.16. The van der Waals surface area contributed by atoms with E-state index in [4.69, 9.17) is 4.42 Å². The van der Waals surface area contributed by atoms with Crippen LogP contribution in [-0.2, 0) is 11.3 Å². The Balaban J connectivity index is 1.92. The van der Waals surface area contributed by atoms with E-state index in [1.54, 1.807) is 0 Å². The van der Waals surface area contributed by atoms with Gasteiger partial charge in [-0.3, -0.25) is 4.79 Å². The van der Waals surface area contributed by atoms with E-state index in [1.165, 1.54) is 6.92 Å². The summed E-state index contributed by atoms with van der Waals surface area (Å²) in [6.07, 6.45) is 0. The normalized spacial score (nSPS) is 10.1. The molecule has 0 aliphatic heterocycles. The highest BCUT2D eigenvalue weighted by atomic mass is 16.3. The molecule has 94 valence electrons. The number of carbonyl (C=O) groups excluding carboxylic acids is 1. The van der Waals surface area contributed by atoms with E-state index in [9.17, 15) is 4.79 Å². The molecule has 0 aliphatic carbocycles. The molecule has 2 N–H and O–H groups in total. The molecule has 4 heteroatoms. The van der Waals surface area contributed by atoms with Crippen molar-refractivity contribution in [2.45, 2.75) is 20.4 Å². The molecular weight excluding hydrogens is 228 g/mol. The van der Waals surface area contributed by atoms with Crippen LogP contribution in [0, 0.1) is 6.92 Å².